The molecular weight excluding hydrogens is 270 g/mol. The number of aromatic nitrogens is 1. The van der Waals surface area contributed by atoms with E-state index >= 15 is 0 Å². The van der Waals surface area contributed by atoms with Crippen molar-refractivity contribution in [3.63, 3.8) is 0 Å². The summed E-state index contributed by atoms with van der Waals surface area (Å²) in [5, 5.41) is 2.19. The van der Waals surface area contributed by atoms with Gasteiger partial charge in [-0.3, -0.25) is 0 Å². The summed E-state index contributed by atoms with van der Waals surface area (Å²) in [7, 11) is 1.66. The Morgan fingerprint density at radius 1 is 1.25 bits per heavy atom. The molecular formula is C12H12BrNO2. The van der Waals surface area contributed by atoms with E-state index in [-0.39, 0.29) is 0 Å². The summed E-state index contributed by atoms with van der Waals surface area (Å²) in [5.74, 6) is 0.850. The van der Waals surface area contributed by atoms with E-state index in [2.05, 4.69) is 20.9 Å². The van der Waals surface area contributed by atoms with Crippen molar-refractivity contribution >= 4 is 26.7 Å². The molecule has 84 valence electrons. The Labute approximate surface area is 103 Å². The molecule has 0 saturated heterocycles. The Morgan fingerprint density at radius 3 is 2.94 bits per heavy atom. The summed E-state index contributed by atoms with van der Waals surface area (Å²) in [6.45, 7) is 1.16. The number of benzene rings is 1. The van der Waals surface area contributed by atoms with Gasteiger partial charge in [0.05, 0.1) is 6.61 Å². The lowest BCUT2D eigenvalue weighted by Crippen LogP contribution is -2.03. The first-order valence-corrected chi connectivity index (χ1v) is 5.76. The van der Waals surface area contributed by atoms with Crippen LogP contribution in [0.15, 0.2) is 35.1 Å². The fraction of sp³-hybridized carbons (Fsp3) is 0.250. The first-order valence-electron chi connectivity index (χ1n) is 4.97. The van der Waals surface area contributed by atoms with E-state index in [9.17, 15) is 0 Å². The SMILES string of the molecule is COCCOc1ccc2c(Br)nccc2c1. The van der Waals surface area contributed by atoms with E-state index in [0.29, 0.717) is 13.2 Å². The van der Waals surface area contributed by atoms with Gasteiger partial charge in [-0.05, 0) is 45.6 Å². The third kappa shape index (κ3) is 2.51. The molecule has 0 radical (unpaired) electrons. The summed E-state index contributed by atoms with van der Waals surface area (Å²) in [5.41, 5.74) is 0. The van der Waals surface area contributed by atoms with Crippen molar-refractivity contribution < 1.29 is 9.47 Å². The molecule has 3 nitrogen and oxygen atoms in total. The minimum Gasteiger partial charge on any atom is -0.491 e. The first kappa shape index (κ1) is 11.4. The summed E-state index contributed by atoms with van der Waals surface area (Å²) >= 11 is 3.41. The zero-order valence-corrected chi connectivity index (χ0v) is 10.5. The van der Waals surface area contributed by atoms with E-state index in [1.165, 1.54) is 0 Å². The van der Waals surface area contributed by atoms with Crippen LogP contribution in [0.4, 0.5) is 0 Å². The molecule has 16 heavy (non-hydrogen) atoms. The Hall–Kier alpha value is -1.13. The molecule has 0 atom stereocenters. The summed E-state index contributed by atoms with van der Waals surface area (Å²) in [4.78, 5) is 4.17. The lowest BCUT2D eigenvalue weighted by Gasteiger charge is -2.06. The minimum atomic E-state index is 0.564. The van der Waals surface area contributed by atoms with Crippen molar-refractivity contribution in [2.45, 2.75) is 0 Å². The molecule has 0 N–H and O–H groups in total. The van der Waals surface area contributed by atoms with Gasteiger partial charge in [-0.1, -0.05) is 0 Å². The van der Waals surface area contributed by atoms with Crippen molar-refractivity contribution in [1.82, 2.24) is 4.98 Å². The molecule has 0 saturated carbocycles. The second-order valence-electron chi connectivity index (χ2n) is 3.33. The number of fused-ring (bicyclic) bond motifs is 1. The number of rotatable bonds is 4. The normalized spacial score (nSPS) is 10.6. The molecule has 2 aromatic rings. The average Bonchev–Trinajstić information content (AvgIpc) is 2.30. The van der Waals surface area contributed by atoms with Gasteiger partial charge in [0.15, 0.2) is 0 Å². The number of ether oxygens (including phenoxy) is 2. The number of halogens is 1. The summed E-state index contributed by atoms with van der Waals surface area (Å²) in [6, 6.07) is 7.89. The Balaban J connectivity index is 2.23. The number of hydrogen-bond acceptors (Lipinski definition) is 3. The molecule has 1 aromatic heterocycles. The molecule has 0 aliphatic carbocycles. The highest BCUT2D eigenvalue weighted by atomic mass is 79.9. The third-order valence-electron chi connectivity index (χ3n) is 2.24. The molecule has 0 spiro atoms. The lowest BCUT2D eigenvalue weighted by atomic mass is 10.2. The minimum absolute atomic E-state index is 0.564. The van der Waals surface area contributed by atoms with Crippen LogP contribution in [0.1, 0.15) is 0 Å². The number of hydrogen-bond donors (Lipinski definition) is 0. The smallest absolute Gasteiger partial charge is 0.120 e. The predicted octanol–water partition coefficient (Wildman–Crippen LogP) is 3.02. The Kier molecular flexibility index (Phi) is 3.74. The van der Waals surface area contributed by atoms with E-state index in [4.69, 9.17) is 9.47 Å². The van der Waals surface area contributed by atoms with E-state index in [0.717, 1.165) is 21.1 Å². The highest BCUT2D eigenvalue weighted by Crippen LogP contribution is 2.25. The third-order valence-corrected chi connectivity index (χ3v) is 2.88. The van der Waals surface area contributed by atoms with E-state index < -0.39 is 0 Å². The van der Waals surface area contributed by atoms with Gasteiger partial charge >= 0.3 is 0 Å². The largest absolute Gasteiger partial charge is 0.491 e. The first-order chi connectivity index (χ1) is 7.81. The van der Waals surface area contributed by atoms with Crippen molar-refractivity contribution in [2.75, 3.05) is 20.3 Å². The molecule has 0 unspecified atom stereocenters. The van der Waals surface area contributed by atoms with Gasteiger partial charge in [0.1, 0.15) is 17.0 Å². The van der Waals surface area contributed by atoms with Crippen LogP contribution in [0.25, 0.3) is 10.8 Å². The van der Waals surface area contributed by atoms with Crippen LogP contribution in [-0.2, 0) is 4.74 Å². The maximum atomic E-state index is 5.53. The topological polar surface area (TPSA) is 31.4 Å². The maximum Gasteiger partial charge on any atom is 0.120 e. The fourth-order valence-corrected chi connectivity index (χ4v) is 1.93. The average molecular weight is 282 g/mol. The maximum absolute atomic E-state index is 5.53. The van der Waals surface area contributed by atoms with Crippen LogP contribution >= 0.6 is 15.9 Å². The molecule has 0 amide bonds. The number of pyridine rings is 1. The highest BCUT2D eigenvalue weighted by molar-refractivity contribution is 9.10. The van der Waals surface area contributed by atoms with Crippen molar-refractivity contribution in [1.29, 1.82) is 0 Å². The van der Waals surface area contributed by atoms with Gasteiger partial charge < -0.3 is 9.47 Å². The number of methoxy groups -OCH3 is 1. The van der Waals surface area contributed by atoms with Gasteiger partial charge in [0.25, 0.3) is 0 Å². The van der Waals surface area contributed by atoms with Crippen LogP contribution < -0.4 is 4.74 Å². The molecule has 0 bridgehead atoms. The van der Waals surface area contributed by atoms with Gasteiger partial charge in [-0.15, -0.1) is 0 Å². The summed E-state index contributed by atoms with van der Waals surface area (Å²) in [6.07, 6.45) is 1.77. The van der Waals surface area contributed by atoms with E-state index in [1.54, 1.807) is 13.3 Å². The van der Waals surface area contributed by atoms with Gasteiger partial charge in [0, 0.05) is 18.7 Å². The van der Waals surface area contributed by atoms with Gasteiger partial charge in [-0.2, -0.15) is 0 Å². The van der Waals surface area contributed by atoms with E-state index in [1.807, 2.05) is 24.3 Å². The molecule has 0 aliphatic heterocycles. The second kappa shape index (κ2) is 5.27. The van der Waals surface area contributed by atoms with Crippen LogP contribution in [0.5, 0.6) is 5.75 Å². The fourth-order valence-electron chi connectivity index (χ4n) is 1.45. The molecule has 1 aromatic carbocycles. The standard InChI is InChI=1S/C12H12BrNO2/c1-15-6-7-16-10-2-3-11-9(8-10)4-5-14-12(11)13/h2-5,8H,6-7H2,1H3. The monoisotopic (exact) mass is 281 g/mol. The Bertz CT molecular complexity index is 487. The Morgan fingerprint density at radius 2 is 2.12 bits per heavy atom. The van der Waals surface area contributed by atoms with Crippen molar-refractivity contribution in [2.24, 2.45) is 0 Å². The molecule has 2 rings (SSSR count). The molecule has 0 fully saturated rings. The van der Waals surface area contributed by atoms with Crippen LogP contribution in [0, 0.1) is 0 Å². The van der Waals surface area contributed by atoms with Gasteiger partial charge in [0.2, 0.25) is 0 Å². The van der Waals surface area contributed by atoms with Crippen LogP contribution in [0.2, 0.25) is 0 Å². The van der Waals surface area contributed by atoms with Crippen LogP contribution in [0.3, 0.4) is 0 Å². The molecule has 0 aliphatic rings. The zero-order chi connectivity index (χ0) is 11.4. The lowest BCUT2D eigenvalue weighted by molar-refractivity contribution is 0.146. The number of nitrogens with zero attached hydrogens (tertiary/aromatic N) is 1. The second-order valence-corrected chi connectivity index (χ2v) is 4.08. The summed E-state index contributed by atoms with van der Waals surface area (Å²) < 4.78 is 11.3. The van der Waals surface area contributed by atoms with Gasteiger partial charge in [-0.25, -0.2) is 4.98 Å². The molecule has 4 heteroatoms. The quantitative estimate of drug-likeness (QED) is 0.638. The highest BCUT2D eigenvalue weighted by Gasteiger charge is 2.01. The predicted molar refractivity (Wildman–Crippen MR) is 66.8 cm³/mol. The molecule has 1 heterocycles. The van der Waals surface area contributed by atoms with Crippen molar-refractivity contribution in [3.05, 3.63) is 35.1 Å². The van der Waals surface area contributed by atoms with Crippen LogP contribution in [-0.4, -0.2) is 25.3 Å². The zero-order valence-electron chi connectivity index (χ0n) is 8.94. The van der Waals surface area contributed by atoms with Crippen molar-refractivity contribution in [3.8, 4) is 5.75 Å².